The first-order chi connectivity index (χ1) is 16.6. The molecule has 0 bridgehead atoms. The van der Waals surface area contributed by atoms with Gasteiger partial charge in [0.1, 0.15) is 5.69 Å². The van der Waals surface area contributed by atoms with E-state index >= 15 is 0 Å². The fourth-order valence-electron chi connectivity index (χ4n) is 4.77. The minimum Gasteiger partial charge on any atom is -0.380 e. The Labute approximate surface area is 196 Å². The Kier molecular flexibility index (Phi) is 4.99. The molecule has 9 nitrogen and oxygen atoms in total. The van der Waals surface area contributed by atoms with E-state index < -0.39 is 0 Å². The number of amides is 1. The second-order valence-electron chi connectivity index (χ2n) is 9.37. The molecule has 6 rings (SSSR count). The maximum Gasteiger partial charge on any atom is 0.270 e. The third-order valence-corrected chi connectivity index (χ3v) is 6.59. The smallest absolute Gasteiger partial charge is 0.270 e. The van der Waals surface area contributed by atoms with Crippen molar-refractivity contribution in [1.29, 1.82) is 0 Å². The van der Waals surface area contributed by atoms with Gasteiger partial charge in [0, 0.05) is 48.9 Å². The monoisotopic (exact) mass is 455 g/mol. The van der Waals surface area contributed by atoms with Crippen LogP contribution in [0, 0.1) is 5.41 Å². The van der Waals surface area contributed by atoms with Crippen molar-refractivity contribution in [3.8, 4) is 17.1 Å². The maximum atomic E-state index is 13.0. The molecule has 9 heteroatoms. The number of pyridine rings is 2. The average molecular weight is 456 g/mol. The molecule has 1 saturated heterocycles. The number of nitrogens with zero attached hydrogens (tertiary/aromatic N) is 6. The fraction of sp³-hybridized carbons (Fsp3) is 0.320. The molecule has 0 unspecified atom stereocenters. The number of ether oxygens (including phenoxy) is 1. The number of carbonyl (C=O) groups is 1. The molecule has 2 fully saturated rings. The molecule has 34 heavy (non-hydrogen) atoms. The molecular weight excluding hydrogens is 430 g/mol. The van der Waals surface area contributed by atoms with Crippen molar-refractivity contribution >= 4 is 5.91 Å². The minimum absolute atomic E-state index is 0.152. The van der Waals surface area contributed by atoms with Gasteiger partial charge in [0.15, 0.2) is 5.82 Å². The molecule has 1 N–H and O–H groups in total. The van der Waals surface area contributed by atoms with Gasteiger partial charge in [-0.1, -0.05) is 6.07 Å². The molecule has 0 radical (unpaired) electrons. The lowest BCUT2D eigenvalue weighted by Gasteiger charge is -2.53. The van der Waals surface area contributed by atoms with Gasteiger partial charge in [0.2, 0.25) is 0 Å². The van der Waals surface area contributed by atoms with Crippen molar-refractivity contribution in [3.63, 3.8) is 0 Å². The minimum atomic E-state index is -0.152. The summed E-state index contributed by atoms with van der Waals surface area (Å²) in [5.41, 5.74) is 4.56. The number of carbonyl (C=O) groups excluding carboxylic acids is 1. The van der Waals surface area contributed by atoms with Crippen molar-refractivity contribution in [1.82, 2.24) is 34.8 Å². The zero-order valence-electron chi connectivity index (χ0n) is 18.9. The van der Waals surface area contributed by atoms with Gasteiger partial charge in [0.05, 0.1) is 25.1 Å². The Morgan fingerprint density at radius 1 is 1.18 bits per heavy atom. The van der Waals surface area contributed by atoms with E-state index in [2.05, 4.69) is 31.5 Å². The third-order valence-electron chi connectivity index (χ3n) is 6.59. The molecule has 1 aliphatic carbocycles. The Hall–Kier alpha value is -3.85. The quantitative estimate of drug-likeness (QED) is 0.480. The van der Waals surface area contributed by atoms with E-state index in [1.165, 1.54) is 0 Å². The largest absolute Gasteiger partial charge is 0.380 e. The first kappa shape index (κ1) is 20.7. The zero-order valence-corrected chi connectivity index (χ0v) is 18.9. The topological polar surface area (TPSA) is 99.8 Å². The summed E-state index contributed by atoms with van der Waals surface area (Å²) >= 11 is 0. The molecule has 4 aromatic heterocycles. The number of aryl methyl sites for hydroxylation is 1. The first-order valence-electron chi connectivity index (χ1n) is 11.4. The van der Waals surface area contributed by atoms with Crippen LogP contribution >= 0.6 is 0 Å². The summed E-state index contributed by atoms with van der Waals surface area (Å²) < 4.78 is 8.77. The van der Waals surface area contributed by atoms with E-state index in [4.69, 9.17) is 4.74 Å². The van der Waals surface area contributed by atoms with Crippen LogP contribution < -0.4 is 5.32 Å². The summed E-state index contributed by atoms with van der Waals surface area (Å²) in [6, 6.07) is 9.88. The highest BCUT2D eigenvalue weighted by Gasteiger charge is 2.50. The Bertz CT molecular complexity index is 1320. The van der Waals surface area contributed by atoms with Crippen molar-refractivity contribution in [3.05, 3.63) is 78.1 Å². The number of hydrogen-bond acceptors (Lipinski definition) is 6. The van der Waals surface area contributed by atoms with Gasteiger partial charge in [-0.2, -0.15) is 10.2 Å². The molecule has 0 atom stereocenters. The van der Waals surface area contributed by atoms with Crippen LogP contribution in [0.15, 0.2) is 61.3 Å². The van der Waals surface area contributed by atoms with Crippen LogP contribution in [0.2, 0.25) is 0 Å². The van der Waals surface area contributed by atoms with Crippen LogP contribution in [-0.2, 0) is 18.2 Å². The van der Waals surface area contributed by atoms with Crippen LogP contribution in [-0.4, -0.2) is 54.7 Å². The van der Waals surface area contributed by atoms with E-state index in [0.29, 0.717) is 23.3 Å². The standard InChI is InChI=1S/C25H25N7O2/c1-31-14-19(13-28-31)21-4-3-17(12-26-21)7-18-8-22(30-23(9-18)32-6-2-5-27-32)24(33)29-20-10-25(11-20)15-34-16-25/h2-6,8-9,12-14,20H,7,10-11,15-16H2,1H3,(H,29,33). The van der Waals surface area contributed by atoms with Gasteiger partial charge in [-0.3, -0.25) is 14.5 Å². The lowest BCUT2D eigenvalue weighted by atomic mass is 9.64. The van der Waals surface area contributed by atoms with Gasteiger partial charge in [-0.05, 0) is 54.7 Å². The number of nitrogens with one attached hydrogen (secondary N) is 1. The molecule has 2 aliphatic rings. The molecule has 1 spiro atoms. The number of aromatic nitrogens is 6. The van der Waals surface area contributed by atoms with Crippen molar-refractivity contribution in [2.75, 3.05) is 13.2 Å². The van der Waals surface area contributed by atoms with Crippen LogP contribution in [0.1, 0.15) is 34.5 Å². The Morgan fingerprint density at radius 2 is 2.06 bits per heavy atom. The molecule has 1 saturated carbocycles. The maximum absolute atomic E-state index is 13.0. The van der Waals surface area contributed by atoms with E-state index in [-0.39, 0.29) is 11.9 Å². The van der Waals surface area contributed by atoms with Crippen molar-refractivity contribution < 1.29 is 9.53 Å². The van der Waals surface area contributed by atoms with Gasteiger partial charge in [0.25, 0.3) is 5.91 Å². The van der Waals surface area contributed by atoms with Gasteiger partial charge < -0.3 is 10.1 Å². The predicted molar refractivity (Wildman–Crippen MR) is 124 cm³/mol. The summed E-state index contributed by atoms with van der Waals surface area (Å²) in [6.07, 6.45) is 11.7. The highest BCUT2D eigenvalue weighted by atomic mass is 16.5. The third kappa shape index (κ3) is 3.99. The van der Waals surface area contributed by atoms with Crippen LogP contribution in [0.25, 0.3) is 17.1 Å². The molecule has 5 heterocycles. The number of rotatable bonds is 6. The van der Waals surface area contributed by atoms with E-state index in [1.807, 2.05) is 49.9 Å². The normalized spacial score (nSPS) is 16.7. The fourth-order valence-corrected chi connectivity index (χ4v) is 4.77. The first-order valence-corrected chi connectivity index (χ1v) is 11.4. The molecule has 0 aromatic carbocycles. The second kappa shape index (κ2) is 8.18. The SMILES string of the molecule is Cn1cc(-c2ccc(Cc3cc(C(=O)NC4CC5(COC5)C4)nc(-n4cccn4)c3)cn2)cn1. The lowest BCUT2D eigenvalue weighted by molar-refractivity contribution is -0.165. The van der Waals surface area contributed by atoms with Gasteiger partial charge in [-0.15, -0.1) is 0 Å². The highest BCUT2D eigenvalue weighted by Crippen LogP contribution is 2.46. The summed E-state index contributed by atoms with van der Waals surface area (Å²) in [4.78, 5) is 22.2. The Morgan fingerprint density at radius 3 is 2.71 bits per heavy atom. The molecular formula is C25H25N7O2. The lowest BCUT2D eigenvalue weighted by Crippen LogP contribution is -2.59. The van der Waals surface area contributed by atoms with Crippen molar-refractivity contribution in [2.45, 2.75) is 25.3 Å². The predicted octanol–water partition coefficient (Wildman–Crippen LogP) is 2.56. The highest BCUT2D eigenvalue weighted by molar-refractivity contribution is 5.93. The van der Waals surface area contributed by atoms with E-state index in [1.54, 1.807) is 21.8 Å². The van der Waals surface area contributed by atoms with Crippen molar-refractivity contribution in [2.24, 2.45) is 12.5 Å². The summed E-state index contributed by atoms with van der Waals surface area (Å²) in [5.74, 6) is 0.463. The molecule has 172 valence electrons. The van der Waals surface area contributed by atoms with Crippen LogP contribution in [0.5, 0.6) is 0 Å². The molecule has 1 amide bonds. The van der Waals surface area contributed by atoms with E-state index in [9.17, 15) is 4.79 Å². The summed E-state index contributed by atoms with van der Waals surface area (Å²) in [7, 11) is 1.89. The molecule has 1 aliphatic heterocycles. The van der Waals surface area contributed by atoms with E-state index in [0.717, 1.165) is 48.4 Å². The average Bonchev–Trinajstić information content (AvgIpc) is 3.47. The molecule has 4 aromatic rings. The Balaban J connectivity index is 1.22. The van der Waals surface area contributed by atoms with Crippen LogP contribution in [0.3, 0.4) is 0 Å². The second-order valence-corrected chi connectivity index (χ2v) is 9.37. The zero-order chi connectivity index (χ0) is 23.1. The van der Waals surface area contributed by atoms with Gasteiger partial charge in [-0.25, -0.2) is 9.67 Å². The van der Waals surface area contributed by atoms with Crippen LogP contribution in [0.4, 0.5) is 0 Å². The van der Waals surface area contributed by atoms with Gasteiger partial charge >= 0.3 is 0 Å². The summed E-state index contributed by atoms with van der Waals surface area (Å²) in [5, 5.41) is 11.6. The number of hydrogen-bond donors (Lipinski definition) is 1. The summed E-state index contributed by atoms with van der Waals surface area (Å²) in [6.45, 7) is 1.62.